The van der Waals surface area contributed by atoms with Crippen molar-refractivity contribution in [3.63, 3.8) is 0 Å². The summed E-state index contributed by atoms with van der Waals surface area (Å²) < 4.78 is 39.8. The van der Waals surface area contributed by atoms with E-state index >= 15 is 0 Å². The van der Waals surface area contributed by atoms with E-state index in [1.165, 1.54) is 30.6 Å². The Morgan fingerprint density at radius 3 is 2.46 bits per heavy atom. The summed E-state index contributed by atoms with van der Waals surface area (Å²) in [6.07, 6.45) is 2.79. The topological polar surface area (TPSA) is 54.0 Å². The number of anilines is 2. The summed E-state index contributed by atoms with van der Waals surface area (Å²) in [6.45, 7) is 0.0341. The minimum absolute atomic E-state index is 0.0341. The minimum Gasteiger partial charge on any atom is -0.354 e. The Balaban J connectivity index is 1.69. The van der Waals surface area contributed by atoms with Gasteiger partial charge in [0.25, 0.3) is 5.91 Å². The summed E-state index contributed by atoms with van der Waals surface area (Å²) in [5.74, 6) is -2.77. The normalized spacial score (nSPS) is 10.4. The van der Waals surface area contributed by atoms with Gasteiger partial charge < -0.3 is 10.6 Å². The van der Waals surface area contributed by atoms with Crippen molar-refractivity contribution in [2.24, 2.45) is 0 Å². The van der Waals surface area contributed by atoms with Crippen LogP contribution >= 0.6 is 0 Å². The molecule has 3 rings (SSSR count). The molecule has 4 nitrogen and oxygen atoms in total. The standard InChI is InChI=1S/C19H14F3N3O/c20-16-4-2-1-3-12(16)10-24-19(26)13-7-15(11-23-9-13)25-14-5-6-17(21)18(22)8-14/h1-9,11,25H,10H2,(H,24,26). The molecule has 26 heavy (non-hydrogen) atoms. The number of rotatable bonds is 5. The first-order valence-corrected chi connectivity index (χ1v) is 7.71. The van der Waals surface area contributed by atoms with Crippen molar-refractivity contribution in [1.29, 1.82) is 0 Å². The van der Waals surface area contributed by atoms with Crippen LogP contribution in [0.2, 0.25) is 0 Å². The highest BCUT2D eigenvalue weighted by atomic mass is 19.2. The molecule has 1 heterocycles. The van der Waals surface area contributed by atoms with Crippen molar-refractivity contribution in [2.75, 3.05) is 5.32 Å². The second-order valence-corrected chi connectivity index (χ2v) is 5.49. The van der Waals surface area contributed by atoms with Gasteiger partial charge in [0.1, 0.15) is 5.82 Å². The van der Waals surface area contributed by atoms with E-state index < -0.39 is 23.4 Å². The van der Waals surface area contributed by atoms with Crippen molar-refractivity contribution in [3.05, 3.63) is 89.5 Å². The summed E-state index contributed by atoms with van der Waals surface area (Å²) in [7, 11) is 0. The number of benzene rings is 2. The molecular formula is C19H14F3N3O. The summed E-state index contributed by atoms with van der Waals surface area (Å²) in [4.78, 5) is 16.2. The Morgan fingerprint density at radius 2 is 1.69 bits per heavy atom. The van der Waals surface area contributed by atoms with Crippen molar-refractivity contribution < 1.29 is 18.0 Å². The zero-order valence-corrected chi connectivity index (χ0v) is 13.5. The van der Waals surface area contributed by atoms with E-state index in [1.54, 1.807) is 18.2 Å². The zero-order chi connectivity index (χ0) is 18.5. The molecule has 0 radical (unpaired) electrons. The smallest absolute Gasteiger partial charge is 0.253 e. The number of nitrogens with one attached hydrogen (secondary N) is 2. The van der Waals surface area contributed by atoms with E-state index in [1.807, 2.05) is 0 Å². The largest absolute Gasteiger partial charge is 0.354 e. The van der Waals surface area contributed by atoms with Gasteiger partial charge in [-0.15, -0.1) is 0 Å². The number of pyridine rings is 1. The third-order valence-electron chi connectivity index (χ3n) is 3.61. The predicted molar refractivity (Wildman–Crippen MR) is 91.4 cm³/mol. The summed E-state index contributed by atoms with van der Waals surface area (Å²) >= 11 is 0. The number of hydrogen-bond donors (Lipinski definition) is 2. The number of carbonyl (C=O) groups is 1. The zero-order valence-electron chi connectivity index (χ0n) is 13.5. The number of aromatic nitrogens is 1. The lowest BCUT2D eigenvalue weighted by Crippen LogP contribution is -2.23. The third-order valence-corrected chi connectivity index (χ3v) is 3.61. The van der Waals surface area contributed by atoms with Crippen LogP contribution in [0.1, 0.15) is 15.9 Å². The van der Waals surface area contributed by atoms with E-state index in [0.29, 0.717) is 16.9 Å². The maximum Gasteiger partial charge on any atom is 0.253 e. The van der Waals surface area contributed by atoms with Gasteiger partial charge in [0.2, 0.25) is 0 Å². The molecule has 0 bridgehead atoms. The Kier molecular flexibility index (Phi) is 5.17. The van der Waals surface area contributed by atoms with E-state index in [-0.39, 0.29) is 12.1 Å². The molecule has 0 unspecified atom stereocenters. The quantitative estimate of drug-likeness (QED) is 0.721. The van der Waals surface area contributed by atoms with Gasteiger partial charge in [-0.3, -0.25) is 9.78 Å². The number of amides is 1. The molecule has 1 aromatic heterocycles. The van der Waals surface area contributed by atoms with Gasteiger partial charge in [-0.25, -0.2) is 13.2 Å². The first-order chi connectivity index (χ1) is 12.5. The van der Waals surface area contributed by atoms with Crippen LogP contribution in [-0.2, 0) is 6.54 Å². The maximum atomic E-state index is 13.6. The number of nitrogens with zero attached hydrogens (tertiary/aromatic N) is 1. The SMILES string of the molecule is O=C(NCc1ccccc1F)c1cncc(Nc2ccc(F)c(F)c2)c1. The molecule has 0 spiro atoms. The van der Waals surface area contributed by atoms with Gasteiger partial charge in [-0.2, -0.15) is 0 Å². The van der Waals surface area contributed by atoms with Gasteiger partial charge in [0, 0.05) is 30.1 Å². The van der Waals surface area contributed by atoms with Crippen LogP contribution in [0.15, 0.2) is 60.9 Å². The van der Waals surface area contributed by atoms with Gasteiger partial charge >= 0.3 is 0 Å². The summed E-state index contributed by atoms with van der Waals surface area (Å²) in [5, 5.41) is 5.45. The summed E-state index contributed by atoms with van der Waals surface area (Å²) in [6, 6.07) is 11.0. The average molecular weight is 357 g/mol. The second-order valence-electron chi connectivity index (χ2n) is 5.49. The van der Waals surface area contributed by atoms with Crippen LogP contribution in [0.25, 0.3) is 0 Å². The van der Waals surface area contributed by atoms with Crippen LogP contribution in [-0.4, -0.2) is 10.9 Å². The fourth-order valence-electron chi connectivity index (χ4n) is 2.29. The fourth-order valence-corrected chi connectivity index (χ4v) is 2.29. The van der Waals surface area contributed by atoms with Gasteiger partial charge in [-0.05, 0) is 24.3 Å². The van der Waals surface area contributed by atoms with Gasteiger partial charge in [0.15, 0.2) is 11.6 Å². The molecule has 0 atom stereocenters. The molecule has 0 saturated heterocycles. The highest BCUT2D eigenvalue weighted by Crippen LogP contribution is 2.19. The lowest BCUT2D eigenvalue weighted by atomic mass is 10.2. The van der Waals surface area contributed by atoms with Crippen LogP contribution in [0.4, 0.5) is 24.5 Å². The molecule has 0 fully saturated rings. The van der Waals surface area contributed by atoms with E-state index in [0.717, 1.165) is 12.1 Å². The first-order valence-electron chi connectivity index (χ1n) is 7.71. The minimum atomic E-state index is -0.984. The first kappa shape index (κ1) is 17.5. The maximum absolute atomic E-state index is 13.6. The molecule has 2 N–H and O–H groups in total. The molecule has 7 heteroatoms. The molecule has 2 aromatic carbocycles. The third kappa shape index (κ3) is 4.18. The highest BCUT2D eigenvalue weighted by Gasteiger charge is 2.09. The van der Waals surface area contributed by atoms with Crippen LogP contribution in [0.5, 0.6) is 0 Å². The van der Waals surface area contributed by atoms with E-state index in [9.17, 15) is 18.0 Å². The molecule has 0 saturated carbocycles. The molecule has 0 aliphatic heterocycles. The molecule has 1 amide bonds. The molecule has 0 aliphatic rings. The molecule has 3 aromatic rings. The average Bonchev–Trinajstić information content (AvgIpc) is 2.64. The molecule has 132 valence electrons. The van der Waals surface area contributed by atoms with E-state index in [2.05, 4.69) is 15.6 Å². The fraction of sp³-hybridized carbons (Fsp3) is 0.0526. The molecular weight excluding hydrogens is 343 g/mol. The lowest BCUT2D eigenvalue weighted by molar-refractivity contribution is 0.0950. The van der Waals surface area contributed by atoms with Gasteiger partial charge in [0.05, 0.1) is 17.4 Å². The van der Waals surface area contributed by atoms with Crippen molar-refractivity contribution >= 4 is 17.3 Å². The molecule has 0 aliphatic carbocycles. The number of halogens is 3. The highest BCUT2D eigenvalue weighted by molar-refractivity contribution is 5.94. The Bertz CT molecular complexity index is 947. The number of carbonyl (C=O) groups excluding carboxylic acids is 1. The Morgan fingerprint density at radius 1 is 0.885 bits per heavy atom. The van der Waals surface area contributed by atoms with Crippen LogP contribution in [0, 0.1) is 17.5 Å². The predicted octanol–water partition coefficient (Wildman–Crippen LogP) is 4.17. The summed E-state index contributed by atoms with van der Waals surface area (Å²) in [5.41, 5.74) is 1.35. The lowest BCUT2D eigenvalue weighted by Gasteiger charge is -2.09. The Labute approximate surface area is 147 Å². The van der Waals surface area contributed by atoms with Crippen molar-refractivity contribution in [3.8, 4) is 0 Å². The van der Waals surface area contributed by atoms with Gasteiger partial charge in [-0.1, -0.05) is 18.2 Å². The van der Waals surface area contributed by atoms with Crippen LogP contribution < -0.4 is 10.6 Å². The van der Waals surface area contributed by atoms with Crippen molar-refractivity contribution in [1.82, 2.24) is 10.3 Å². The van der Waals surface area contributed by atoms with Crippen LogP contribution in [0.3, 0.4) is 0 Å². The Hall–Kier alpha value is -3.35. The van der Waals surface area contributed by atoms with Crippen molar-refractivity contribution in [2.45, 2.75) is 6.54 Å². The second kappa shape index (κ2) is 7.69. The monoisotopic (exact) mass is 357 g/mol. The van der Waals surface area contributed by atoms with E-state index in [4.69, 9.17) is 0 Å². The number of hydrogen-bond acceptors (Lipinski definition) is 3.